The summed E-state index contributed by atoms with van der Waals surface area (Å²) in [5.41, 5.74) is 11.5. The smallest absolute Gasteiger partial charge is 0.0746 e. The Morgan fingerprint density at radius 3 is 2.32 bits per heavy atom. The van der Waals surface area contributed by atoms with Gasteiger partial charge in [-0.1, -0.05) is 64.1 Å². The molecule has 2 nitrogen and oxygen atoms in total. The van der Waals surface area contributed by atoms with E-state index in [1.807, 2.05) is 6.20 Å². The van der Waals surface area contributed by atoms with Gasteiger partial charge < -0.3 is 0 Å². The molecule has 0 N–H and O–H groups in total. The van der Waals surface area contributed by atoms with E-state index in [0.29, 0.717) is 0 Å². The zero-order valence-electron chi connectivity index (χ0n) is 16.7. The molecule has 0 atom stereocenters. The van der Waals surface area contributed by atoms with Gasteiger partial charge in [-0.15, -0.1) is 0 Å². The van der Waals surface area contributed by atoms with E-state index in [4.69, 9.17) is 9.97 Å². The Morgan fingerprint density at radius 2 is 1.46 bits per heavy atom. The Balaban J connectivity index is 1.78. The molecule has 2 aromatic carbocycles. The first kappa shape index (κ1) is 16.0. The molecule has 0 saturated carbocycles. The number of hydrogen-bond acceptors (Lipinski definition) is 2. The molecule has 4 aromatic rings. The number of fused-ring (bicyclic) bond motifs is 9. The Hall–Kier alpha value is -3.00. The Labute approximate surface area is 165 Å². The lowest BCUT2D eigenvalue weighted by Crippen LogP contribution is -2.18. The normalized spacial score (nSPS) is 17.1. The Kier molecular flexibility index (Phi) is 2.79. The molecule has 0 unspecified atom stereocenters. The first-order valence-corrected chi connectivity index (χ1v) is 9.95. The van der Waals surface area contributed by atoms with Crippen molar-refractivity contribution in [3.05, 3.63) is 83.2 Å². The summed E-state index contributed by atoms with van der Waals surface area (Å²) in [6, 6.07) is 17.4. The van der Waals surface area contributed by atoms with Crippen LogP contribution in [0.25, 0.3) is 33.3 Å². The SMILES string of the molecule is CC1(C)c2cccnc2-c2ccc3c(c21)-c1cnc2ccccc2c1C3(C)C. The van der Waals surface area contributed by atoms with E-state index in [9.17, 15) is 0 Å². The predicted octanol–water partition coefficient (Wildman–Crippen LogP) is 6.24. The fourth-order valence-electron chi connectivity index (χ4n) is 5.65. The molecule has 2 aromatic heterocycles. The number of aromatic nitrogens is 2. The number of benzene rings is 2. The number of para-hydroxylation sites is 1. The lowest BCUT2D eigenvalue weighted by molar-refractivity contribution is 0.649. The molecule has 0 saturated heterocycles. The van der Waals surface area contributed by atoms with E-state index in [-0.39, 0.29) is 10.8 Å². The molecule has 0 amide bonds. The number of rotatable bonds is 0. The molecule has 0 fully saturated rings. The van der Waals surface area contributed by atoms with Crippen LogP contribution < -0.4 is 0 Å². The molecule has 2 heterocycles. The average Bonchev–Trinajstić information content (AvgIpc) is 3.08. The zero-order valence-corrected chi connectivity index (χ0v) is 16.7. The molecule has 2 aliphatic carbocycles. The number of pyridine rings is 2. The summed E-state index contributed by atoms with van der Waals surface area (Å²) in [6.45, 7) is 9.37. The summed E-state index contributed by atoms with van der Waals surface area (Å²) in [7, 11) is 0. The van der Waals surface area contributed by atoms with Gasteiger partial charge in [0.1, 0.15) is 0 Å². The van der Waals surface area contributed by atoms with E-state index < -0.39 is 0 Å². The standard InChI is InChI=1S/C26H22N2/c1-25(2)18-12-11-16-23(26(3,4)19-9-7-13-27-24(16)19)21(18)17-14-28-20-10-6-5-8-15(20)22(17)25/h5-14H,1-4H3. The molecule has 2 heteroatoms. The maximum atomic E-state index is 4.82. The largest absolute Gasteiger partial charge is 0.256 e. The van der Waals surface area contributed by atoms with Gasteiger partial charge in [-0.25, -0.2) is 0 Å². The average molecular weight is 362 g/mol. The van der Waals surface area contributed by atoms with Crippen LogP contribution in [-0.2, 0) is 10.8 Å². The van der Waals surface area contributed by atoms with Crippen LogP contribution in [-0.4, -0.2) is 9.97 Å². The van der Waals surface area contributed by atoms with E-state index in [0.717, 1.165) is 11.2 Å². The first-order chi connectivity index (χ1) is 13.4. The third-order valence-corrected chi connectivity index (χ3v) is 6.91. The molecule has 136 valence electrons. The molecule has 0 bridgehead atoms. The van der Waals surface area contributed by atoms with Gasteiger partial charge in [0.15, 0.2) is 0 Å². The zero-order chi connectivity index (χ0) is 19.3. The summed E-state index contributed by atoms with van der Waals surface area (Å²) >= 11 is 0. The van der Waals surface area contributed by atoms with Gasteiger partial charge >= 0.3 is 0 Å². The van der Waals surface area contributed by atoms with Crippen LogP contribution in [0.5, 0.6) is 0 Å². The van der Waals surface area contributed by atoms with Crippen molar-refractivity contribution in [1.29, 1.82) is 0 Å². The van der Waals surface area contributed by atoms with Gasteiger partial charge in [-0.3, -0.25) is 9.97 Å². The van der Waals surface area contributed by atoms with E-state index >= 15 is 0 Å². The Morgan fingerprint density at radius 1 is 0.679 bits per heavy atom. The number of hydrogen-bond donors (Lipinski definition) is 0. The van der Waals surface area contributed by atoms with Crippen molar-refractivity contribution < 1.29 is 0 Å². The van der Waals surface area contributed by atoms with Crippen molar-refractivity contribution >= 4 is 10.9 Å². The van der Waals surface area contributed by atoms with Gasteiger partial charge in [0.2, 0.25) is 0 Å². The topological polar surface area (TPSA) is 25.8 Å². The third kappa shape index (κ3) is 1.70. The minimum Gasteiger partial charge on any atom is -0.256 e. The van der Waals surface area contributed by atoms with Gasteiger partial charge in [0.25, 0.3) is 0 Å². The third-order valence-electron chi connectivity index (χ3n) is 6.91. The molecular formula is C26H22N2. The van der Waals surface area contributed by atoms with Crippen molar-refractivity contribution in [3.8, 4) is 22.4 Å². The summed E-state index contributed by atoms with van der Waals surface area (Å²) in [5.74, 6) is 0. The number of nitrogens with zero attached hydrogens (tertiary/aromatic N) is 2. The molecule has 0 aliphatic heterocycles. The van der Waals surface area contributed by atoms with E-state index in [1.165, 1.54) is 44.3 Å². The van der Waals surface area contributed by atoms with Crippen molar-refractivity contribution in [2.75, 3.05) is 0 Å². The van der Waals surface area contributed by atoms with Crippen LogP contribution in [0.2, 0.25) is 0 Å². The quantitative estimate of drug-likeness (QED) is 0.370. The minimum atomic E-state index is -0.0758. The molecule has 28 heavy (non-hydrogen) atoms. The monoisotopic (exact) mass is 362 g/mol. The van der Waals surface area contributed by atoms with Crippen LogP contribution >= 0.6 is 0 Å². The predicted molar refractivity (Wildman–Crippen MR) is 115 cm³/mol. The van der Waals surface area contributed by atoms with Crippen LogP contribution in [0, 0.1) is 0 Å². The van der Waals surface area contributed by atoms with Gasteiger partial charge in [-0.2, -0.15) is 0 Å². The first-order valence-electron chi connectivity index (χ1n) is 9.95. The van der Waals surface area contributed by atoms with Crippen molar-refractivity contribution in [3.63, 3.8) is 0 Å². The highest BCUT2D eigenvalue weighted by molar-refractivity contribution is 5.99. The maximum Gasteiger partial charge on any atom is 0.0746 e. The summed E-state index contributed by atoms with van der Waals surface area (Å²) in [5, 5.41) is 1.27. The molecule has 0 spiro atoms. The van der Waals surface area contributed by atoms with Crippen LogP contribution in [0.4, 0.5) is 0 Å². The van der Waals surface area contributed by atoms with Crippen LogP contribution in [0.15, 0.2) is 60.9 Å². The lowest BCUT2D eigenvalue weighted by atomic mass is 9.77. The summed E-state index contributed by atoms with van der Waals surface area (Å²) < 4.78 is 0. The molecule has 0 radical (unpaired) electrons. The van der Waals surface area contributed by atoms with Crippen molar-refractivity contribution in [1.82, 2.24) is 9.97 Å². The minimum absolute atomic E-state index is 0.0550. The lowest BCUT2D eigenvalue weighted by Gasteiger charge is -2.26. The fourth-order valence-corrected chi connectivity index (χ4v) is 5.65. The van der Waals surface area contributed by atoms with Gasteiger partial charge in [-0.05, 0) is 39.9 Å². The molecule has 2 aliphatic rings. The molecular weight excluding hydrogens is 340 g/mol. The fraction of sp³-hybridized carbons (Fsp3) is 0.231. The van der Waals surface area contributed by atoms with E-state index in [1.54, 1.807) is 0 Å². The van der Waals surface area contributed by atoms with Crippen molar-refractivity contribution in [2.24, 2.45) is 0 Å². The van der Waals surface area contributed by atoms with Gasteiger partial charge in [0.05, 0.1) is 11.2 Å². The van der Waals surface area contributed by atoms with Crippen molar-refractivity contribution in [2.45, 2.75) is 38.5 Å². The highest BCUT2D eigenvalue weighted by atomic mass is 14.7. The summed E-state index contributed by atoms with van der Waals surface area (Å²) in [6.07, 6.45) is 4.00. The van der Waals surface area contributed by atoms with E-state index in [2.05, 4.69) is 82.4 Å². The van der Waals surface area contributed by atoms with Gasteiger partial charge in [0, 0.05) is 39.7 Å². The Bertz CT molecular complexity index is 1310. The second-order valence-corrected chi connectivity index (χ2v) is 9.12. The second kappa shape index (κ2) is 4.88. The van der Waals surface area contributed by atoms with Crippen LogP contribution in [0.1, 0.15) is 49.9 Å². The van der Waals surface area contributed by atoms with Crippen LogP contribution in [0.3, 0.4) is 0 Å². The highest BCUT2D eigenvalue weighted by Gasteiger charge is 2.45. The maximum absolute atomic E-state index is 4.82. The summed E-state index contributed by atoms with van der Waals surface area (Å²) in [4.78, 5) is 9.57. The molecule has 6 rings (SSSR count). The highest BCUT2D eigenvalue weighted by Crippen LogP contribution is 2.59. The second-order valence-electron chi connectivity index (χ2n) is 9.12.